The summed E-state index contributed by atoms with van der Waals surface area (Å²) in [5, 5.41) is 5.89. The van der Waals surface area contributed by atoms with E-state index in [1.54, 1.807) is 7.05 Å². The van der Waals surface area contributed by atoms with Gasteiger partial charge in [-0.1, -0.05) is 26.7 Å². The van der Waals surface area contributed by atoms with Crippen molar-refractivity contribution >= 4 is 11.8 Å². The lowest BCUT2D eigenvalue weighted by Crippen LogP contribution is -2.18. The summed E-state index contributed by atoms with van der Waals surface area (Å²) < 4.78 is 13.5. The first-order valence-electron chi connectivity index (χ1n) is 6.49. The van der Waals surface area contributed by atoms with Gasteiger partial charge < -0.3 is 10.6 Å². The van der Waals surface area contributed by atoms with Crippen LogP contribution in [0.4, 0.5) is 16.2 Å². The zero-order valence-corrected chi connectivity index (χ0v) is 11.6. The van der Waals surface area contributed by atoms with E-state index in [4.69, 9.17) is 0 Å². The predicted octanol–water partition coefficient (Wildman–Crippen LogP) is 3.28. The van der Waals surface area contributed by atoms with Crippen LogP contribution in [-0.4, -0.2) is 23.1 Å². The Labute approximate surface area is 108 Å². The van der Waals surface area contributed by atoms with Gasteiger partial charge in [-0.2, -0.15) is 4.98 Å². The summed E-state index contributed by atoms with van der Waals surface area (Å²) in [7, 11) is 1.71. The maximum atomic E-state index is 13.5. The minimum atomic E-state index is -0.412. The third-order valence-corrected chi connectivity index (χ3v) is 2.77. The van der Waals surface area contributed by atoms with Crippen LogP contribution in [0.15, 0.2) is 6.20 Å². The Morgan fingerprint density at radius 2 is 2.00 bits per heavy atom. The molecule has 1 unspecified atom stereocenters. The molecule has 18 heavy (non-hydrogen) atoms. The summed E-state index contributed by atoms with van der Waals surface area (Å²) in [5.74, 6) is 0.994. The molecule has 0 amide bonds. The molecule has 0 bridgehead atoms. The van der Waals surface area contributed by atoms with Crippen LogP contribution in [0.2, 0.25) is 0 Å². The smallest absolute Gasteiger partial charge is 0.224 e. The van der Waals surface area contributed by atoms with Gasteiger partial charge in [0.2, 0.25) is 5.95 Å². The first kappa shape index (κ1) is 14.7. The molecular formula is C13H23FN4. The summed E-state index contributed by atoms with van der Waals surface area (Å²) in [6.45, 7) is 6.46. The summed E-state index contributed by atoms with van der Waals surface area (Å²) in [5.41, 5.74) is 0. The predicted molar refractivity (Wildman–Crippen MR) is 73.3 cm³/mol. The molecular weight excluding hydrogens is 231 g/mol. The molecule has 0 radical (unpaired) electrons. The maximum Gasteiger partial charge on any atom is 0.224 e. The van der Waals surface area contributed by atoms with Crippen molar-refractivity contribution in [2.24, 2.45) is 5.92 Å². The second-order valence-electron chi connectivity index (χ2n) is 5.01. The quantitative estimate of drug-likeness (QED) is 0.784. The highest BCUT2D eigenvalue weighted by Crippen LogP contribution is 2.15. The third-order valence-electron chi connectivity index (χ3n) is 2.77. The average molecular weight is 254 g/mol. The molecule has 1 aromatic rings. The van der Waals surface area contributed by atoms with Gasteiger partial charge in [0.25, 0.3) is 0 Å². The highest BCUT2D eigenvalue weighted by atomic mass is 19.1. The van der Waals surface area contributed by atoms with Crippen molar-refractivity contribution in [1.29, 1.82) is 0 Å². The summed E-state index contributed by atoms with van der Waals surface area (Å²) in [6.07, 6.45) is 4.52. The molecule has 1 rings (SSSR count). The van der Waals surface area contributed by atoms with Crippen molar-refractivity contribution in [3.8, 4) is 0 Å². The SMILES string of the molecule is CNc1ncc(F)c(NC(C)CCCC(C)C)n1. The van der Waals surface area contributed by atoms with E-state index in [-0.39, 0.29) is 11.9 Å². The summed E-state index contributed by atoms with van der Waals surface area (Å²) >= 11 is 0. The van der Waals surface area contributed by atoms with Gasteiger partial charge in [-0.25, -0.2) is 9.37 Å². The van der Waals surface area contributed by atoms with Gasteiger partial charge in [0.1, 0.15) is 0 Å². The number of anilines is 2. The zero-order valence-electron chi connectivity index (χ0n) is 11.6. The summed E-state index contributed by atoms with van der Waals surface area (Å²) in [4.78, 5) is 7.88. The Hall–Kier alpha value is -1.39. The standard InChI is InChI=1S/C13H23FN4/c1-9(2)6-5-7-10(3)17-12-11(14)8-16-13(15-4)18-12/h8-10H,5-7H2,1-4H3,(H2,15,16,17,18). The van der Waals surface area contributed by atoms with Crippen LogP contribution in [0.5, 0.6) is 0 Å². The zero-order chi connectivity index (χ0) is 13.5. The van der Waals surface area contributed by atoms with Gasteiger partial charge in [0.15, 0.2) is 11.6 Å². The number of rotatable bonds is 7. The lowest BCUT2D eigenvalue weighted by atomic mass is 10.0. The Kier molecular flexibility index (Phi) is 5.82. The van der Waals surface area contributed by atoms with Gasteiger partial charge in [-0.15, -0.1) is 0 Å². The molecule has 5 heteroatoms. The molecule has 1 aromatic heterocycles. The Morgan fingerprint density at radius 3 is 2.61 bits per heavy atom. The van der Waals surface area contributed by atoms with E-state index in [2.05, 4.69) is 34.4 Å². The third kappa shape index (κ3) is 4.85. The van der Waals surface area contributed by atoms with Crippen molar-refractivity contribution in [1.82, 2.24) is 9.97 Å². The van der Waals surface area contributed by atoms with E-state index in [1.165, 1.54) is 12.6 Å². The van der Waals surface area contributed by atoms with Crippen LogP contribution in [0, 0.1) is 11.7 Å². The maximum absolute atomic E-state index is 13.5. The van der Waals surface area contributed by atoms with Gasteiger partial charge in [-0.3, -0.25) is 0 Å². The van der Waals surface area contributed by atoms with Crippen molar-refractivity contribution in [3.05, 3.63) is 12.0 Å². The van der Waals surface area contributed by atoms with Crippen LogP contribution >= 0.6 is 0 Å². The number of hydrogen-bond donors (Lipinski definition) is 2. The normalized spacial score (nSPS) is 12.6. The fourth-order valence-electron chi connectivity index (χ4n) is 1.73. The lowest BCUT2D eigenvalue weighted by molar-refractivity contribution is 0.518. The Balaban J connectivity index is 2.50. The number of hydrogen-bond acceptors (Lipinski definition) is 4. The highest BCUT2D eigenvalue weighted by Gasteiger charge is 2.09. The minimum Gasteiger partial charge on any atom is -0.365 e. The van der Waals surface area contributed by atoms with Gasteiger partial charge in [-0.05, 0) is 19.3 Å². The van der Waals surface area contributed by atoms with Crippen LogP contribution < -0.4 is 10.6 Å². The average Bonchev–Trinajstić information content (AvgIpc) is 2.31. The molecule has 1 heterocycles. The van der Waals surface area contributed by atoms with Crippen LogP contribution in [0.25, 0.3) is 0 Å². The fourth-order valence-corrected chi connectivity index (χ4v) is 1.73. The molecule has 102 valence electrons. The van der Waals surface area contributed by atoms with Crippen molar-refractivity contribution < 1.29 is 4.39 Å². The molecule has 0 aliphatic rings. The molecule has 0 aliphatic heterocycles. The van der Waals surface area contributed by atoms with Crippen molar-refractivity contribution in [3.63, 3.8) is 0 Å². The topological polar surface area (TPSA) is 49.8 Å². The number of nitrogens with zero attached hydrogens (tertiary/aromatic N) is 2. The molecule has 0 aliphatic carbocycles. The van der Waals surface area contributed by atoms with E-state index in [0.29, 0.717) is 11.9 Å². The molecule has 2 N–H and O–H groups in total. The lowest BCUT2D eigenvalue weighted by Gasteiger charge is -2.15. The van der Waals surface area contributed by atoms with Crippen LogP contribution in [-0.2, 0) is 0 Å². The number of nitrogens with one attached hydrogen (secondary N) is 2. The first-order valence-corrected chi connectivity index (χ1v) is 6.49. The molecule has 1 atom stereocenters. The van der Waals surface area contributed by atoms with E-state index < -0.39 is 5.82 Å². The largest absolute Gasteiger partial charge is 0.365 e. The monoisotopic (exact) mass is 254 g/mol. The van der Waals surface area contributed by atoms with E-state index in [0.717, 1.165) is 12.8 Å². The fraction of sp³-hybridized carbons (Fsp3) is 0.692. The summed E-state index contributed by atoms with van der Waals surface area (Å²) in [6, 6.07) is 0.206. The molecule has 0 saturated carbocycles. The van der Waals surface area contributed by atoms with Crippen LogP contribution in [0.3, 0.4) is 0 Å². The second kappa shape index (κ2) is 7.13. The van der Waals surface area contributed by atoms with Crippen LogP contribution in [0.1, 0.15) is 40.0 Å². The molecule has 0 aromatic carbocycles. The van der Waals surface area contributed by atoms with E-state index in [9.17, 15) is 4.39 Å². The van der Waals surface area contributed by atoms with E-state index in [1.807, 2.05) is 6.92 Å². The number of halogens is 1. The Bertz CT molecular complexity index is 368. The molecule has 0 saturated heterocycles. The van der Waals surface area contributed by atoms with E-state index >= 15 is 0 Å². The first-order chi connectivity index (χ1) is 8.52. The van der Waals surface area contributed by atoms with Gasteiger partial charge in [0.05, 0.1) is 6.20 Å². The van der Waals surface area contributed by atoms with Crippen molar-refractivity contribution in [2.45, 2.75) is 46.1 Å². The minimum absolute atomic E-state index is 0.206. The molecule has 0 spiro atoms. The number of aromatic nitrogens is 2. The second-order valence-corrected chi connectivity index (χ2v) is 5.01. The van der Waals surface area contributed by atoms with Gasteiger partial charge in [0, 0.05) is 13.1 Å². The highest BCUT2D eigenvalue weighted by molar-refractivity contribution is 5.41. The van der Waals surface area contributed by atoms with Crippen molar-refractivity contribution in [2.75, 3.05) is 17.7 Å². The molecule has 4 nitrogen and oxygen atoms in total. The molecule has 0 fully saturated rings. The van der Waals surface area contributed by atoms with Gasteiger partial charge >= 0.3 is 0 Å². The Morgan fingerprint density at radius 1 is 1.28 bits per heavy atom.